The summed E-state index contributed by atoms with van der Waals surface area (Å²) >= 11 is 0. The maximum atomic E-state index is 12.5. The van der Waals surface area contributed by atoms with Crippen LogP contribution in [0.15, 0.2) is 36.0 Å². The smallest absolute Gasteiger partial charge is 0.236 e. The molecule has 3 rings (SSSR count). The highest BCUT2D eigenvalue weighted by Crippen LogP contribution is 2.39. The van der Waals surface area contributed by atoms with Gasteiger partial charge in [0.25, 0.3) is 0 Å². The molecule has 2 aliphatic heterocycles. The number of ether oxygens (including phenoxy) is 1. The van der Waals surface area contributed by atoms with Gasteiger partial charge in [-0.15, -0.1) is 0 Å². The van der Waals surface area contributed by atoms with Crippen molar-refractivity contribution < 1.29 is 9.53 Å². The second-order valence-corrected chi connectivity index (χ2v) is 5.31. The Balaban J connectivity index is 1.99. The third kappa shape index (κ3) is 1.57. The molecule has 3 aliphatic rings. The fourth-order valence-electron chi connectivity index (χ4n) is 2.98. The summed E-state index contributed by atoms with van der Waals surface area (Å²) < 4.78 is 5.73. The van der Waals surface area contributed by atoms with E-state index in [1.807, 2.05) is 43.1 Å². The molecule has 0 aromatic heterocycles. The fourth-order valence-corrected chi connectivity index (χ4v) is 2.98. The van der Waals surface area contributed by atoms with Crippen LogP contribution < -0.4 is 0 Å². The van der Waals surface area contributed by atoms with Gasteiger partial charge in [-0.25, -0.2) is 0 Å². The van der Waals surface area contributed by atoms with Crippen molar-refractivity contribution in [2.24, 2.45) is 5.92 Å². The zero-order valence-corrected chi connectivity index (χ0v) is 10.2. The molecule has 0 unspecified atom stereocenters. The maximum absolute atomic E-state index is 12.5. The number of allylic oxidation sites excluding steroid dienone is 4. The molecule has 2 saturated heterocycles. The van der Waals surface area contributed by atoms with Crippen molar-refractivity contribution in [3.63, 3.8) is 0 Å². The fraction of sp³-hybridized carbons (Fsp3) is 0.500. The molecule has 0 N–H and O–H groups in total. The van der Waals surface area contributed by atoms with Crippen molar-refractivity contribution in [2.45, 2.75) is 32.0 Å². The summed E-state index contributed by atoms with van der Waals surface area (Å²) in [6, 6.07) is 0.208. The van der Waals surface area contributed by atoms with Crippen molar-refractivity contribution >= 4 is 5.91 Å². The minimum Gasteiger partial charge on any atom is -0.354 e. The van der Waals surface area contributed by atoms with E-state index in [1.54, 1.807) is 0 Å². The van der Waals surface area contributed by atoms with Gasteiger partial charge in [-0.1, -0.05) is 36.0 Å². The highest BCUT2D eigenvalue weighted by atomic mass is 16.5. The van der Waals surface area contributed by atoms with Gasteiger partial charge < -0.3 is 9.64 Å². The van der Waals surface area contributed by atoms with Crippen LogP contribution in [-0.4, -0.2) is 29.2 Å². The number of hydrogen-bond donors (Lipinski definition) is 0. The molecule has 1 amide bonds. The monoisotopic (exact) mass is 231 g/mol. The molecule has 17 heavy (non-hydrogen) atoms. The van der Waals surface area contributed by atoms with Crippen LogP contribution >= 0.6 is 0 Å². The Morgan fingerprint density at radius 2 is 2.18 bits per heavy atom. The largest absolute Gasteiger partial charge is 0.354 e. The highest BCUT2D eigenvalue weighted by Gasteiger charge is 2.49. The van der Waals surface area contributed by atoms with Gasteiger partial charge in [0.1, 0.15) is 5.72 Å². The van der Waals surface area contributed by atoms with Gasteiger partial charge in [0.05, 0.1) is 18.6 Å². The number of amides is 1. The van der Waals surface area contributed by atoms with Crippen LogP contribution in [-0.2, 0) is 9.53 Å². The molecule has 3 heteroatoms. The number of fused-ring (bicyclic) bond motifs is 2. The van der Waals surface area contributed by atoms with Crippen LogP contribution in [0.4, 0.5) is 0 Å². The Bertz CT molecular complexity index is 445. The molecule has 2 fully saturated rings. The quantitative estimate of drug-likeness (QED) is 0.638. The van der Waals surface area contributed by atoms with Crippen LogP contribution in [0, 0.1) is 5.92 Å². The third-order valence-electron chi connectivity index (χ3n) is 3.78. The van der Waals surface area contributed by atoms with Gasteiger partial charge in [-0.3, -0.25) is 4.79 Å². The molecule has 1 aliphatic carbocycles. The molecule has 90 valence electrons. The van der Waals surface area contributed by atoms with Crippen molar-refractivity contribution in [1.29, 1.82) is 0 Å². The number of hydrogen-bond acceptors (Lipinski definition) is 2. The summed E-state index contributed by atoms with van der Waals surface area (Å²) in [6.07, 6.45) is 10.9. The number of nitrogens with zero attached hydrogens (tertiary/aromatic N) is 1. The first-order chi connectivity index (χ1) is 8.09. The summed E-state index contributed by atoms with van der Waals surface area (Å²) in [5.74, 6) is 0.0807. The summed E-state index contributed by atoms with van der Waals surface area (Å²) in [5.41, 5.74) is 0.753. The summed E-state index contributed by atoms with van der Waals surface area (Å²) in [4.78, 5) is 14.5. The summed E-state index contributed by atoms with van der Waals surface area (Å²) in [7, 11) is 0. The van der Waals surface area contributed by atoms with E-state index in [0.717, 1.165) is 6.42 Å². The molecule has 0 aromatic rings. The van der Waals surface area contributed by atoms with Gasteiger partial charge >= 0.3 is 0 Å². The van der Waals surface area contributed by atoms with Crippen LogP contribution in [0.25, 0.3) is 0 Å². The van der Waals surface area contributed by atoms with Crippen LogP contribution in [0.1, 0.15) is 20.3 Å². The van der Waals surface area contributed by atoms with Gasteiger partial charge in [-0.05, 0) is 20.3 Å². The van der Waals surface area contributed by atoms with Gasteiger partial charge in [0.2, 0.25) is 5.91 Å². The van der Waals surface area contributed by atoms with E-state index in [0.29, 0.717) is 6.61 Å². The first-order valence-electron chi connectivity index (χ1n) is 6.11. The summed E-state index contributed by atoms with van der Waals surface area (Å²) in [6.45, 7) is 4.59. The van der Waals surface area contributed by atoms with E-state index >= 15 is 0 Å². The van der Waals surface area contributed by atoms with E-state index < -0.39 is 5.72 Å². The molecule has 2 atom stereocenters. The minimum absolute atomic E-state index is 0.0952. The Morgan fingerprint density at radius 1 is 1.35 bits per heavy atom. The first-order valence-corrected chi connectivity index (χ1v) is 6.11. The van der Waals surface area contributed by atoms with E-state index in [2.05, 4.69) is 6.08 Å². The topological polar surface area (TPSA) is 29.5 Å². The lowest BCUT2D eigenvalue weighted by atomic mass is 9.86. The van der Waals surface area contributed by atoms with E-state index in [9.17, 15) is 4.79 Å². The average molecular weight is 231 g/mol. The summed E-state index contributed by atoms with van der Waals surface area (Å²) in [5, 5.41) is 0. The Labute approximate surface area is 101 Å². The molecule has 0 aromatic carbocycles. The number of rotatable bonds is 0. The van der Waals surface area contributed by atoms with Crippen LogP contribution in [0.5, 0.6) is 0 Å². The second-order valence-electron chi connectivity index (χ2n) is 5.31. The lowest BCUT2D eigenvalue weighted by molar-refractivity contribution is -0.149. The lowest BCUT2D eigenvalue weighted by Gasteiger charge is -2.40. The van der Waals surface area contributed by atoms with Crippen molar-refractivity contribution in [2.75, 3.05) is 6.61 Å². The molecule has 3 nitrogen and oxygen atoms in total. The number of carbonyl (C=O) groups is 1. The molecule has 0 saturated carbocycles. The zero-order valence-electron chi connectivity index (χ0n) is 10.2. The molecule has 2 heterocycles. The zero-order chi connectivity index (χ0) is 12.0. The van der Waals surface area contributed by atoms with Crippen LogP contribution in [0.2, 0.25) is 0 Å². The van der Waals surface area contributed by atoms with E-state index in [-0.39, 0.29) is 17.9 Å². The van der Waals surface area contributed by atoms with E-state index in [1.165, 1.54) is 5.57 Å². The maximum Gasteiger partial charge on any atom is 0.236 e. The molecule has 0 radical (unpaired) electrons. The molecule has 0 spiro atoms. The lowest BCUT2D eigenvalue weighted by Crippen LogP contribution is -2.53. The second kappa shape index (κ2) is 3.57. The SMILES string of the molecule is CC1(C)OC[C@@H]2CC3=CC=CC=C[C@H]3C(=O)N21. The number of piperidine rings is 1. The van der Waals surface area contributed by atoms with Crippen molar-refractivity contribution in [3.8, 4) is 0 Å². The number of carbonyl (C=O) groups excluding carboxylic acids is 1. The third-order valence-corrected chi connectivity index (χ3v) is 3.78. The Kier molecular flexibility index (Phi) is 2.26. The Hall–Kier alpha value is -1.35. The highest BCUT2D eigenvalue weighted by molar-refractivity contribution is 5.86. The Morgan fingerprint density at radius 3 is 3.00 bits per heavy atom. The average Bonchev–Trinajstić information content (AvgIpc) is 2.49. The van der Waals surface area contributed by atoms with Gasteiger partial charge in [0.15, 0.2) is 0 Å². The predicted molar refractivity (Wildman–Crippen MR) is 65.1 cm³/mol. The molecule has 0 bridgehead atoms. The standard InChI is InChI=1S/C14H17NO2/c1-14(2)15-11(9-17-14)8-10-6-4-3-5-7-12(10)13(15)16/h3-7,11-12H,8-9H2,1-2H3/t11-,12+/m0/s1. The van der Waals surface area contributed by atoms with Crippen LogP contribution in [0.3, 0.4) is 0 Å². The van der Waals surface area contributed by atoms with Crippen molar-refractivity contribution in [1.82, 2.24) is 4.90 Å². The van der Waals surface area contributed by atoms with Crippen molar-refractivity contribution in [3.05, 3.63) is 36.0 Å². The van der Waals surface area contributed by atoms with Gasteiger partial charge in [-0.2, -0.15) is 0 Å². The first kappa shape index (κ1) is 10.8. The van der Waals surface area contributed by atoms with Gasteiger partial charge in [0, 0.05) is 0 Å². The normalized spacial score (nSPS) is 34.1. The van der Waals surface area contributed by atoms with E-state index in [4.69, 9.17) is 4.74 Å². The molecular formula is C14H17NO2. The molecular weight excluding hydrogens is 214 g/mol. The minimum atomic E-state index is -0.457. The predicted octanol–water partition coefficient (Wildman–Crippen LogP) is 2.02.